The summed E-state index contributed by atoms with van der Waals surface area (Å²) in [7, 11) is 0. The molecule has 0 aromatic heterocycles. The number of nitrogens with two attached hydrogens (primary N) is 1. The second-order valence-corrected chi connectivity index (χ2v) is 4.91. The number of alkyl halides is 1. The Morgan fingerprint density at radius 3 is 2.67 bits per heavy atom. The summed E-state index contributed by atoms with van der Waals surface area (Å²) in [5.74, 6) is 0. The lowest BCUT2D eigenvalue weighted by Gasteiger charge is -2.11. The number of rotatable bonds is 3. The molecule has 0 amide bonds. The Hall–Kier alpha value is -0.600. The largest absolute Gasteiger partial charge is 0.325 e. The van der Waals surface area contributed by atoms with Crippen LogP contribution in [0.4, 0.5) is 4.39 Å². The van der Waals surface area contributed by atoms with Crippen molar-refractivity contribution in [3.8, 4) is 0 Å². The molecular formula is C12H15ClFN. The van der Waals surface area contributed by atoms with Gasteiger partial charge < -0.3 is 5.73 Å². The van der Waals surface area contributed by atoms with Gasteiger partial charge in [-0.3, -0.25) is 0 Å². The molecule has 82 valence electrons. The number of benzene rings is 1. The molecule has 1 saturated carbocycles. The lowest BCUT2D eigenvalue weighted by Crippen LogP contribution is -2.24. The van der Waals surface area contributed by atoms with Crippen LogP contribution in [0.5, 0.6) is 0 Å². The Kier molecular flexibility index (Phi) is 2.73. The number of hydrogen-bond acceptors (Lipinski definition) is 1. The molecule has 1 aliphatic rings. The number of hydrogen-bond donors (Lipinski definition) is 1. The molecule has 2 rings (SSSR count). The van der Waals surface area contributed by atoms with Crippen molar-refractivity contribution >= 4 is 11.6 Å². The van der Waals surface area contributed by atoms with Crippen LogP contribution in [-0.2, 0) is 6.42 Å². The highest BCUT2D eigenvalue weighted by Crippen LogP contribution is 2.37. The average molecular weight is 228 g/mol. The second kappa shape index (κ2) is 3.76. The Bertz CT molecular complexity index is 372. The first-order valence-electron chi connectivity index (χ1n) is 5.21. The van der Waals surface area contributed by atoms with E-state index in [2.05, 4.69) is 0 Å². The van der Waals surface area contributed by atoms with Crippen molar-refractivity contribution in [2.75, 3.05) is 0 Å². The van der Waals surface area contributed by atoms with Crippen LogP contribution in [0.15, 0.2) is 18.2 Å². The van der Waals surface area contributed by atoms with Crippen LogP contribution in [0.1, 0.15) is 37.1 Å². The van der Waals surface area contributed by atoms with Gasteiger partial charge in [-0.25, -0.2) is 4.39 Å². The van der Waals surface area contributed by atoms with Crippen molar-refractivity contribution in [3.63, 3.8) is 0 Å². The molecule has 0 saturated heterocycles. The molecule has 0 bridgehead atoms. The topological polar surface area (TPSA) is 26.0 Å². The molecule has 0 spiro atoms. The van der Waals surface area contributed by atoms with Crippen molar-refractivity contribution in [2.45, 2.75) is 37.9 Å². The Morgan fingerprint density at radius 1 is 1.53 bits per heavy atom. The SMILES string of the molecule is CC(F)c1ccc(CC2(N)CC2)c(Cl)c1. The molecule has 1 nitrogen and oxygen atoms in total. The van der Waals surface area contributed by atoms with E-state index >= 15 is 0 Å². The van der Waals surface area contributed by atoms with Crippen LogP contribution in [-0.4, -0.2) is 5.54 Å². The molecule has 15 heavy (non-hydrogen) atoms. The summed E-state index contributed by atoms with van der Waals surface area (Å²) in [6.07, 6.45) is 1.95. The van der Waals surface area contributed by atoms with Crippen LogP contribution in [0.25, 0.3) is 0 Å². The third-order valence-corrected chi connectivity index (χ3v) is 3.32. The summed E-state index contributed by atoms with van der Waals surface area (Å²) in [5.41, 5.74) is 7.62. The van der Waals surface area contributed by atoms with E-state index in [1.165, 1.54) is 6.92 Å². The maximum Gasteiger partial charge on any atom is 0.122 e. The molecule has 1 fully saturated rings. The molecular weight excluding hydrogens is 213 g/mol. The predicted octanol–water partition coefficient (Wildman–Crippen LogP) is 3.40. The molecule has 0 heterocycles. The Balaban J connectivity index is 2.19. The molecule has 1 atom stereocenters. The van der Waals surface area contributed by atoms with E-state index in [9.17, 15) is 4.39 Å². The highest BCUT2D eigenvalue weighted by Gasteiger charge is 2.38. The molecule has 3 heteroatoms. The van der Waals surface area contributed by atoms with Crippen LogP contribution >= 0.6 is 11.6 Å². The van der Waals surface area contributed by atoms with Gasteiger partial charge in [0.2, 0.25) is 0 Å². The van der Waals surface area contributed by atoms with Gasteiger partial charge in [-0.2, -0.15) is 0 Å². The fraction of sp³-hybridized carbons (Fsp3) is 0.500. The van der Waals surface area contributed by atoms with Gasteiger partial charge in [-0.05, 0) is 43.4 Å². The van der Waals surface area contributed by atoms with Crippen molar-refractivity contribution in [3.05, 3.63) is 34.3 Å². The van der Waals surface area contributed by atoms with Gasteiger partial charge in [-0.1, -0.05) is 23.7 Å². The molecule has 1 aliphatic carbocycles. The first-order valence-corrected chi connectivity index (χ1v) is 5.59. The monoisotopic (exact) mass is 227 g/mol. The molecule has 2 N–H and O–H groups in total. The highest BCUT2D eigenvalue weighted by molar-refractivity contribution is 6.31. The van der Waals surface area contributed by atoms with Crippen molar-refractivity contribution < 1.29 is 4.39 Å². The fourth-order valence-electron chi connectivity index (χ4n) is 1.67. The summed E-state index contributed by atoms with van der Waals surface area (Å²) >= 11 is 6.09. The molecule has 1 unspecified atom stereocenters. The zero-order valence-electron chi connectivity index (χ0n) is 8.76. The van der Waals surface area contributed by atoms with E-state index in [0.29, 0.717) is 10.6 Å². The Labute approximate surface area is 94.4 Å². The van der Waals surface area contributed by atoms with Gasteiger partial charge in [0.05, 0.1) is 0 Å². The number of halogens is 2. The maximum absolute atomic E-state index is 13.0. The minimum atomic E-state index is -0.968. The quantitative estimate of drug-likeness (QED) is 0.842. The van der Waals surface area contributed by atoms with Crippen LogP contribution in [0, 0.1) is 0 Å². The first-order chi connectivity index (χ1) is 7.00. The summed E-state index contributed by atoms with van der Waals surface area (Å²) < 4.78 is 13.0. The summed E-state index contributed by atoms with van der Waals surface area (Å²) in [4.78, 5) is 0. The predicted molar refractivity (Wildman–Crippen MR) is 60.8 cm³/mol. The van der Waals surface area contributed by atoms with Gasteiger partial charge in [0, 0.05) is 10.6 Å². The minimum absolute atomic E-state index is 0.0491. The van der Waals surface area contributed by atoms with E-state index in [-0.39, 0.29) is 5.54 Å². The van der Waals surface area contributed by atoms with Crippen molar-refractivity contribution in [1.29, 1.82) is 0 Å². The normalized spacial score (nSPS) is 20.0. The zero-order valence-corrected chi connectivity index (χ0v) is 9.52. The van der Waals surface area contributed by atoms with Gasteiger partial charge in [0.15, 0.2) is 0 Å². The lowest BCUT2D eigenvalue weighted by molar-refractivity contribution is 0.374. The zero-order chi connectivity index (χ0) is 11.1. The lowest BCUT2D eigenvalue weighted by atomic mass is 10.0. The third-order valence-electron chi connectivity index (χ3n) is 2.97. The minimum Gasteiger partial charge on any atom is -0.325 e. The smallest absolute Gasteiger partial charge is 0.122 e. The molecule has 1 aromatic carbocycles. The van der Waals surface area contributed by atoms with Crippen LogP contribution < -0.4 is 5.73 Å². The van der Waals surface area contributed by atoms with Crippen LogP contribution in [0.2, 0.25) is 5.02 Å². The van der Waals surface area contributed by atoms with Crippen molar-refractivity contribution in [2.24, 2.45) is 5.73 Å². The average Bonchev–Trinajstić information content (AvgIpc) is 2.87. The van der Waals surface area contributed by atoms with Gasteiger partial charge in [0.1, 0.15) is 6.17 Å². The van der Waals surface area contributed by atoms with Gasteiger partial charge in [-0.15, -0.1) is 0 Å². The first kappa shape index (κ1) is 10.9. The maximum atomic E-state index is 13.0. The third kappa shape index (κ3) is 2.50. The fourth-order valence-corrected chi connectivity index (χ4v) is 1.93. The van der Waals surface area contributed by atoms with E-state index in [1.807, 2.05) is 6.07 Å². The van der Waals surface area contributed by atoms with E-state index in [1.54, 1.807) is 12.1 Å². The molecule has 0 radical (unpaired) electrons. The second-order valence-electron chi connectivity index (χ2n) is 4.51. The highest BCUT2D eigenvalue weighted by atomic mass is 35.5. The molecule has 1 aromatic rings. The standard InChI is InChI=1S/C12H15ClFN/c1-8(14)9-2-3-10(11(13)6-9)7-12(15)4-5-12/h2-3,6,8H,4-5,7,15H2,1H3. The summed E-state index contributed by atoms with van der Waals surface area (Å²) in [6.45, 7) is 1.51. The summed E-state index contributed by atoms with van der Waals surface area (Å²) in [6, 6.07) is 5.38. The van der Waals surface area contributed by atoms with Crippen molar-refractivity contribution in [1.82, 2.24) is 0 Å². The Morgan fingerprint density at radius 2 is 2.20 bits per heavy atom. The van der Waals surface area contributed by atoms with Gasteiger partial charge >= 0.3 is 0 Å². The summed E-state index contributed by atoms with van der Waals surface area (Å²) in [5, 5.41) is 0.633. The van der Waals surface area contributed by atoms with Gasteiger partial charge in [0.25, 0.3) is 0 Å². The van der Waals surface area contributed by atoms with Crippen LogP contribution in [0.3, 0.4) is 0 Å². The molecule has 0 aliphatic heterocycles. The van der Waals surface area contributed by atoms with E-state index < -0.39 is 6.17 Å². The van der Waals surface area contributed by atoms with E-state index in [0.717, 1.165) is 24.8 Å². The van der Waals surface area contributed by atoms with E-state index in [4.69, 9.17) is 17.3 Å².